The summed E-state index contributed by atoms with van der Waals surface area (Å²) in [6.45, 7) is 7.33. The van der Waals surface area contributed by atoms with E-state index in [1.54, 1.807) is 6.92 Å². The number of ether oxygens (including phenoxy) is 1. The molecule has 0 amide bonds. The van der Waals surface area contributed by atoms with Crippen LogP contribution in [-0.4, -0.2) is 23.2 Å². The van der Waals surface area contributed by atoms with Gasteiger partial charge in [0, 0.05) is 16.7 Å². The van der Waals surface area contributed by atoms with Crippen LogP contribution in [0.3, 0.4) is 0 Å². The molecule has 1 rings (SSSR count). The molecule has 0 aliphatic carbocycles. The normalized spacial score (nSPS) is 13.6. The number of nitrogens with one attached hydrogen (secondary N) is 1. The molecular weight excluding hydrogens is 339 g/mol. The SMILES string of the molecule is CCOC(=O)CCC(F)(F)C(NSC(C)(C)C)c1ccccc1F. The smallest absolute Gasteiger partial charge is 0.305 e. The van der Waals surface area contributed by atoms with Gasteiger partial charge in [0.25, 0.3) is 5.92 Å². The van der Waals surface area contributed by atoms with Crippen molar-refractivity contribution in [2.45, 2.75) is 57.2 Å². The van der Waals surface area contributed by atoms with Crippen LogP contribution in [0.2, 0.25) is 0 Å². The van der Waals surface area contributed by atoms with Gasteiger partial charge in [-0.05, 0) is 33.8 Å². The van der Waals surface area contributed by atoms with Gasteiger partial charge in [0.15, 0.2) is 0 Å². The second-order valence-electron chi connectivity index (χ2n) is 6.35. The first-order valence-corrected chi connectivity index (χ1v) is 8.60. The first-order chi connectivity index (χ1) is 11.1. The number of hydrogen-bond acceptors (Lipinski definition) is 4. The first-order valence-electron chi connectivity index (χ1n) is 7.78. The van der Waals surface area contributed by atoms with Gasteiger partial charge in [-0.3, -0.25) is 9.52 Å². The molecule has 0 aliphatic heterocycles. The largest absolute Gasteiger partial charge is 0.466 e. The van der Waals surface area contributed by atoms with E-state index in [0.29, 0.717) is 0 Å². The summed E-state index contributed by atoms with van der Waals surface area (Å²) >= 11 is 1.10. The molecule has 24 heavy (non-hydrogen) atoms. The van der Waals surface area contributed by atoms with Crippen molar-refractivity contribution in [3.63, 3.8) is 0 Å². The van der Waals surface area contributed by atoms with Crippen molar-refractivity contribution in [3.05, 3.63) is 35.6 Å². The number of carbonyl (C=O) groups excluding carboxylic acids is 1. The zero-order valence-corrected chi connectivity index (χ0v) is 15.2. The summed E-state index contributed by atoms with van der Waals surface area (Å²) in [4.78, 5) is 11.4. The van der Waals surface area contributed by atoms with Crippen molar-refractivity contribution in [1.82, 2.24) is 4.72 Å². The second-order valence-corrected chi connectivity index (χ2v) is 8.02. The van der Waals surface area contributed by atoms with Crippen LogP contribution in [0, 0.1) is 5.82 Å². The summed E-state index contributed by atoms with van der Waals surface area (Å²) in [5.41, 5.74) is -0.122. The van der Waals surface area contributed by atoms with Crippen molar-refractivity contribution < 1.29 is 22.7 Å². The molecule has 0 radical (unpaired) electrons. The molecular formula is C17H24F3NO2S. The summed E-state index contributed by atoms with van der Waals surface area (Å²) in [5, 5.41) is 0. The molecule has 0 saturated carbocycles. The highest BCUT2D eigenvalue weighted by atomic mass is 32.2. The minimum atomic E-state index is -3.31. The summed E-state index contributed by atoms with van der Waals surface area (Å²) in [6.07, 6.45) is -1.14. The Morgan fingerprint density at radius 3 is 2.46 bits per heavy atom. The molecule has 1 atom stereocenters. The van der Waals surface area contributed by atoms with Gasteiger partial charge in [-0.1, -0.05) is 30.1 Å². The van der Waals surface area contributed by atoms with Crippen LogP contribution < -0.4 is 4.72 Å². The maximum atomic E-state index is 14.7. The molecule has 1 aromatic carbocycles. The van der Waals surface area contributed by atoms with Gasteiger partial charge in [-0.15, -0.1) is 0 Å². The van der Waals surface area contributed by atoms with Gasteiger partial charge in [0.1, 0.15) is 11.9 Å². The molecule has 0 fully saturated rings. The molecule has 1 N–H and O–H groups in total. The van der Waals surface area contributed by atoms with E-state index >= 15 is 0 Å². The predicted molar refractivity (Wildman–Crippen MR) is 90.4 cm³/mol. The summed E-state index contributed by atoms with van der Waals surface area (Å²) in [5.74, 6) is -4.71. The Morgan fingerprint density at radius 1 is 1.29 bits per heavy atom. The topological polar surface area (TPSA) is 38.3 Å². The Balaban J connectivity index is 2.98. The molecule has 7 heteroatoms. The Morgan fingerprint density at radius 2 is 1.92 bits per heavy atom. The van der Waals surface area contributed by atoms with Gasteiger partial charge in [-0.25, -0.2) is 13.2 Å². The van der Waals surface area contributed by atoms with Gasteiger partial charge in [0.2, 0.25) is 0 Å². The van der Waals surface area contributed by atoms with Crippen LogP contribution in [-0.2, 0) is 9.53 Å². The zero-order valence-electron chi connectivity index (χ0n) is 14.4. The minimum Gasteiger partial charge on any atom is -0.466 e. The lowest BCUT2D eigenvalue weighted by Crippen LogP contribution is -2.37. The highest BCUT2D eigenvalue weighted by Crippen LogP contribution is 2.39. The molecule has 136 valence electrons. The van der Waals surface area contributed by atoms with Crippen LogP contribution in [0.1, 0.15) is 52.1 Å². The van der Waals surface area contributed by atoms with E-state index in [1.807, 2.05) is 20.8 Å². The third-order valence-corrected chi connectivity index (χ3v) is 4.06. The molecule has 1 unspecified atom stereocenters. The number of hydrogen-bond donors (Lipinski definition) is 1. The van der Waals surface area contributed by atoms with E-state index in [1.165, 1.54) is 18.2 Å². The molecule has 0 bridgehead atoms. The van der Waals surface area contributed by atoms with Gasteiger partial charge in [0.05, 0.1) is 13.0 Å². The van der Waals surface area contributed by atoms with E-state index in [-0.39, 0.29) is 16.9 Å². The number of esters is 1. The number of alkyl halides is 2. The third-order valence-electron chi connectivity index (χ3n) is 3.09. The van der Waals surface area contributed by atoms with Gasteiger partial charge < -0.3 is 4.74 Å². The fourth-order valence-corrected chi connectivity index (χ4v) is 2.74. The maximum Gasteiger partial charge on any atom is 0.305 e. The van der Waals surface area contributed by atoms with E-state index in [9.17, 15) is 18.0 Å². The Hall–Kier alpha value is -1.21. The summed E-state index contributed by atoms with van der Waals surface area (Å²) in [6, 6.07) is 3.89. The summed E-state index contributed by atoms with van der Waals surface area (Å²) < 4.78 is 50.4. The van der Waals surface area contributed by atoms with Crippen molar-refractivity contribution in [2.75, 3.05) is 6.61 Å². The fourth-order valence-electron chi connectivity index (χ4n) is 1.97. The lowest BCUT2D eigenvalue weighted by atomic mass is 9.97. The zero-order chi connectivity index (χ0) is 18.4. The van der Waals surface area contributed by atoms with E-state index in [4.69, 9.17) is 0 Å². The van der Waals surface area contributed by atoms with E-state index < -0.39 is 36.6 Å². The molecule has 0 spiro atoms. The molecule has 0 heterocycles. The van der Waals surface area contributed by atoms with Crippen molar-refractivity contribution in [1.29, 1.82) is 0 Å². The van der Waals surface area contributed by atoms with E-state index in [0.717, 1.165) is 18.0 Å². The summed E-state index contributed by atoms with van der Waals surface area (Å²) in [7, 11) is 0. The highest BCUT2D eigenvalue weighted by Gasteiger charge is 2.42. The number of halogens is 3. The van der Waals surface area contributed by atoms with Crippen LogP contribution >= 0.6 is 11.9 Å². The molecule has 0 saturated heterocycles. The maximum absolute atomic E-state index is 14.7. The second kappa shape index (κ2) is 8.76. The van der Waals surface area contributed by atoms with Crippen molar-refractivity contribution in [3.8, 4) is 0 Å². The van der Waals surface area contributed by atoms with Crippen LogP contribution in [0.15, 0.2) is 24.3 Å². The van der Waals surface area contributed by atoms with E-state index in [2.05, 4.69) is 9.46 Å². The molecule has 0 aliphatic rings. The minimum absolute atomic E-state index is 0.122. The fraction of sp³-hybridized carbons (Fsp3) is 0.588. The average molecular weight is 363 g/mol. The molecule has 1 aromatic rings. The standard InChI is InChI=1S/C17H24F3NO2S/c1-5-23-14(22)10-11-17(19,20)15(21-24-16(2,3)4)12-8-6-7-9-13(12)18/h6-9,15,21H,5,10-11H2,1-4H3. The van der Waals surface area contributed by atoms with Crippen molar-refractivity contribution >= 4 is 17.9 Å². The Kier molecular flexibility index (Phi) is 7.60. The van der Waals surface area contributed by atoms with Crippen LogP contribution in [0.4, 0.5) is 13.2 Å². The number of carbonyl (C=O) groups is 1. The van der Waals surface area contributed by atoms with Crippen molar-refractivity contribution in [2.24, 2.45) is 0 Å². The van der Waals surface area contributed by atoms with Gasteiger partial charge in [-0.2, -0.15) is 0 Å². The Labute approximate surface area is 145 Å². The van der Waals surface area contributed by atoms with Gasteiger partial charge >= 0.3 is 5.97 Å². The molecule has 3 nitrogen and oxygen atoms in total. The highest BCUT2D eigenvalue weighted by molar-refractivity contribution is 7.98. The first kappa shape index (κ1) is 20.8. The van der Waals surface area contributed by atoms with Crippen LogP contribution in [0.5, 0.6) is 0 Å². The average Bonchev–Trinajstić information content (AvgIpc) is 2.46. The van der Waals surface area contributed by atoms with Crippen LogP contribution in [0.25, 0.3) is 0 Å². The third kappa shape index (κ3) is 6.73. The predicted octanol–water partition coefficient (Wildman–Crippen LogP) is 4.88. The Bertz CT molecular complexity index is 547. The number of rotatable bonds is 8. The lowest BCUT2D eigenvalue weighted by Gasteiger charge is -2.30. The monoisotopic (exact) mass is 363 g/mol. The molecule has 0 aromatic heterocycles. The number of benzene rings is 1. The quantitative estimate of drug-likeness (QED) is 0.528. The lowest BCUT2D eigenvalue weighted by molar-refractivity contribution is -0.145.